The number of rotatable bonds is 14. The third-order valence-corrected chi connectivity index (χ3v) is 19.2. The van der Waals surface area contributed by atoms with Crippen molar-refractivity contribution in [1.82, 2.24) is 4.90 Å². The molecule has 0 aromatic heterocycles. The van der Waals surface area contributed by atoms with E-state index in [1.54, 1.807) is 65.5 Å². The lowest BCUT2D eigenvalue weighted by Gasteiger charge is -2.72. The fourth-order valence-corrected chi connectivity index (χ4v) is 15.4. The molecule has 12 nitrogen and oxygen atoms in total. The molecule has 9 atom stereocenters. The number of hydrogen-bond donors (Lipinski definition) is 0. The standard InChI is InChI=1S/C63H96ClNO11/c1-38(2)49-42(66)33-63(46(73-48(68)35-58(14,15)52(70)75-55(6,7)8)37-65(53(71)76-56(9,10)11)36-39-21-23-40(64)24-22-39)32-31-61(19)41(50(49)63)25-26-44-60(18)29-28-45(59(16,17)43(60)27-30-62(44,61)20)72-47(67)34-57(12,13)51(69)74-54(3,4)5/h21-24,38,41,43-46H,25-37H2,1-20H3/t41-,43+,44-,45+,46-,60+,61-,62-,63+/m1/s1. The zero-order chi connectivity index (χ0) is 57.4. The van der Waals surface area contributed by atoms with Crippen molar-refractivity contribution in [2.75, 3.05) is 6.54 Å². The Morgan fingerprint density at radius 1 is 0.658 bits per heavy atom. The number of ether oxygens (including phenoxy) is 5. The molecule has 0 saturated heterocycles. The summed E-state index contributed by atoms with van der Waals surface area (Å²) in [6.07, 6.45) is 4.54. The molecule has 0 aliphatic heterocycles. The molecule has 5 aliphatic rings. The first-order valence-electron chi connectivity index (χ1n) is 28.4. The molecule has 4 saturated carbocycles. The van der Waals surface area contributed by atoms with Crippen LogP contribution in [-0.2, 0) is 54.2 Å². The molecule has 0 bridgehead atoms. The van der Waals surface area contributed by atoms with E-state index in [2.05, 4.69) is 48.5 Å². The lowest BCUT2D eigenvalue weighted by atomic mass is 9.33. The number of halogens is 1. The van der Waals surface area contributed by atoms with Crippen molar-refractivity contribution < 1.29 is 52.5 Å². The highest BCUT2D eigenvalue weighted by Crippen LogP contribution is 2.77. The fourth-order valence-electron chi connectivity index (χ4n) is 15.2. The van der Waals surface area contributed by atoms with E-state index in [4.69, 9.17) is 35.3 Å². The van der Waals surface area contributed by atoms with Gasteiger partial charge in [0.05, 0.1) is 30.2 Å². The summed E-state index contributed by atoms with van der Waals surface area (Å²) in [5.74, 6) is -1.42. The van der Waals surface area contributed by atoms with Crippen LogP contribution < -0.4 is 0 Å². The zero-order valence-electron chi connectivity index (χ0n) is 50.3. The summed E-state index contributed by atoms with van der Waals surface area (Å²) >= 11 is 6.34. The summed E-state index contributed by atoms with van der Waals surface area (Å²) in [7, 11) is 0. The average molecular weight is 1080 g/mol. The highest BCUT2D eigenvalue weighted by molar-refractivity contribution is 6.30. The maximum Gasteiger partial charge on any atom is 0.410 e. The van der Waals surface area contributed by atoms with Crippen LogP contribution >= 0.6 is 11.6 Å². The Hall–Kier alpha value is -3.93. The van der Waals surface area contributed by atoms with Gasteiger partial charge >= 0.3 is 30.0 Å². The quantitative estimate of drug-likeness (QED) is 0.129. The Labute approximate surface area is 461 Å². The van der Waals surface area contributed by atoms with Gasteiger partial charge in [-0.2, -0.15) is 0 Å². The summed E-state index contributed by atoms with van der Waals surface area (Å²) in [5, 5.41) is 0.553. The Morgan fingerprint density at radius 3 is 1.72 bits per heavy atom. The highest BCUT2D eigenvalue weighted by atomic mass is 35.5. The second-order valence-corrected chi connectivity index (χ2v) is 30.2. The van der Waals surface area contributed by atoms with Crippen molar-refractivity contribution in [3.05, 3.63) is 46.0 Å². The predicted molar refractivity (Wildman–Crippen MR) is 296 cm³/mol. The van der Waals surface area contributed by atoms with E-state index < -0.39 is 63.2 Å². The molecule has 0 unspecified atom stereocenters. The Morgan fingerprint density at radius 2 is 1.20 bits per heavy atom. The molecule has 0 N–H and O–H groups in total. The van der Waals surface area contributed by atoms with E-state index in [1.807, 2.05) is 53.7 Å². The minimum absolute atomic E-state index is 0.0178. The number of hydrogen-bond acceptors (Lipinski definition) is 11. The third kappa shape index (κ3) is 12.3. The molecule has 1 aromatic rings. The summed E-state index contributed by atoms with van der Waals surface area (Å²) < 4.78 is 30.8. The third-order valence-electron chi connectivity index (χ3n) is 19.0. The molecule has 1 aromatic carbocycles. The Balaban J connectivity index is 1.38. The molecule has 13 heteroatoms. The first-order chi connectivity index (χ1) is 34.5. The Kier molecular flexibility index (Phi) is 16.9. The van der Waals surface area contributed by atoms with Crippen LogP contribution in [-0.4, -0.2) is 76.2 Å². The molecule has 0 radical (unpaired) electrons. The SMILES string of the molecule is CC(C)C1=C2[C@H]3CC[C@@H]4[C@@]5(C)CC[C@H](OC(=O)CC(C)(C)C(=O)OC(C)(C)C)C(C)(C)[C@@H]5CC[C@@]4(C)[C@]3(C)CC[C@@]2([C@@H](CN(Cc2ccc(Cl)cc2)C(=O)OC(C)(C)C)OC(=O)CC(C)(C)C(=O)OC(C)(C)C)CC1=O. The summed E-state index contributed by atoms with van der Waals surface area (Å²) in [5.41, 5.74) is -3.64. The molecule has 5 aliphatic carbocycles. The number of ketones is 1. The van der Waals surface area contributed by atoms with E-state index in [1.165, 1.54) is 0 Å². The molecule has 76 heavy (non-hydrogen) atoms. The van der Waals surface area contributed by atoms with Crippen LogP contribution in [0.1, 0.15) is 215 Å². The zero-order valence-corrected chi connectivity index (χ0v) is 51.0. The van der Waals surface area contributed by atoms with Crippen LogP contribution in [0.2, 0.25) is 5.02 Å². The van der Waals surface area contributed by atoms with Crippen molar-refractivity contribution in [3.63, 3.8) is 0 Å². The van der Waals surface area contributed by atoms with Gasteiger partial charge in [0.1, 0.15) is 29.0 Å². The van der Waals surface area contributed by atoms with Crippen molar-refractivity contribution in [3.8, 4) is 0 Å². The topological polar surface area (TPSA) is 152 Å². The molecular weight excluding hydrogens is 982 g/mol. The molecule has 0 heterocycles. The molecule has 6 rings (SSSR count). The number of nitrogens with zero attached hydrogens (tertiary/aromatic N) is 1. The number of benzene rings is 1. The van der Waals surface area contributed by atoms with E-state index in [9.17, 15) is 24.0 Å². The largest absolute Gasteiger partial charge is 0.462 e. The van der Waals surface area contributed by atoms with Gasteiger partial charge in [0.15, 0.2) is 5.78 Å². The second-order valence-electron chi connectivity index (χ2n) is 29.8. The number of fused-ring (bicyclic) bond motifs is 7. The van der Waals surface area contributed by atoms with Gasteiger partial charge in [-0.05, 0) is 210 Å². The monoisotopic (exact) mass is 1080 g/mol. The van der Waals surface area contributed by atoms with Crippen LogP contribution in [0.4, 0.5) is 4.79 Å². The molecule has 4 fully saturated rings. The number of esters is 4. The summed E-state index contributed by atoms with van der Waals surface area (Å²) in [6.45, 7) is 39.4. The predicted octanol–water partition coefficient (Wildman–Crippen LogP) is 14.4. The van der Waals surface area contributed by atoms with Gasteiger partial charge in [0, 0.05) is 28.8 Å². The second kappa shape index (κ2) is 20.9. The van der Waals surface area contributed by atoms with Gasteiger partial charge in [-0.15, -0.1) is 0 Å². The maximum atomic E-state index is 15.0. The van der Waals surface area contributed by atoms with Crippen LogP contribution in [0.3, 0.4) is 0 Å². The lowest BCUT2D eigenvalue weighted by Crippen LogP contribution is -2.66. The van der Waals surface area contributed by atoms with Crippen molar-refractivity contribution in [2.24, 2.45) is 61.6 Å². The maximum absolute atomic E-state index is 15.0. The minimum Gasteiger partial charge on any atom is -0.462 e. The first kappa shape index (κ1) is 61.3. The van der Waals surface area contributed by atoms with E-state index >= 15 is 4.79 Å². The normalized spacial score (nSPS) is 30.0. The van der Waals surface area contributed by atoms with E-state index in [-0.39, 0.29) is 89.6 Å². The molecule has 1 amide bonds. The number of allylic oxidation sites excluding steroid dienone is 1. The number of carbonyl (C=O) groups excluding carboxylic acids is 6. The molecule has 0 spiro atoms. The van der Waals surface area contributed by atoms with Gasteiger partial charge in [-0.1, -0.05) is 72.2 Å². The van der Waals surface area contributed by atoms with Crippen molar-refractivity contribution in [1.29, 1.82) is 0 Å². The minimum atomic E-state index is -1.24. The summed E-state index contributed by atoms with van der Waals surface area (Å²) in [6, 6.07) is 7.27. The lowest BCUT2D eigenvalue weighted by molar-refractivity contribution is -0.236. The van der Waals surface area contributed by atoms with Gasteiger partial charge in [-0.3, -0.25) is 24.0 Å². The van der Waals surface area contributed by atoms with Crippen molar-refractivity contribution >= 4 is 47.4 Å². The number of carbonyl (C=O) groups is 6. The van der Waals surface area contributed by atoms with Crippen LogP contribution in [0.25, 0.3) is 0 Å². The van der Waals surface area contributed by atoms with Gasteiger partial charge in [0.25, 0.3) is 0 Å². The van der Waals surface area contributed by atoms with Crippen LogP contribution in [0.15, 0.2) is 35.4 Å². The smallest absolute Gasteiger partial charge is 0.410 e. The van der Waals surface area contributed by atoms with Gasteiger partial charge < -0.3 is 28.6 Å². The van der Waals surface area contributed by atoms with Gasteiger partial charge in [-0.25, -0.2) is 4.79 Å². The van der Waals surface area contributed by atoms with Crippen LogP contribution in [0.5, 0.6) is 0 Å². The summed E-state index contributed by atoms with van der Waals surface area (Å²) in [4.78, 5) is 86.4. The van der Waals surface area contributed by atoms with Crippen molar-refractivity contribution in [2.45, 2.75) is 245 Å². The van der Waals surface area contributed by atoms with Gasteiger partial charge in [0.2, 0.25) is 0 Å². The van der Waals surface area contributed by atoms with Crippen LogP contribution in [0, 0.1) is 61.6 Å². The van der Waals surface area contributed by atoms with E-state index in [0.29, 0.717) is 23.8 Å². The molecular formula is C63H96ClNO11. The first-order valence-corrected chi connectivity index (χ1v) is 28.8. The Bertz CT molecular complexity index is 2430. The van der Waals surface area contributed by atoms with E-state index in [0.717, 1.165) is 55.2 Å². The number of amides is 1. The highest BCUT2D eigenvalue weighted by Gasteiger charge is 2.71. The number of Topliss-reactive ketones (excluding diaryl/α,β-unsaturated/α-hetero) is 1. The molecule has 426 valence electrons. The fraction of sp³-hybridized carbons (Fsp3) is 0.778. The average Bonchev–Trinajstić information content (AvgIpc) is 3.56.